The Bertz CT molecular complexity index is 856. The van der Waals surface area contributed by atoms with E-state index in [0.29, 0.717) is 17.8 Å². The summed E-state index contributed by atoms with van der Waals surface area (Å²) in [7, 11) is -3.12. The molecule has 1 N–H and O–H groups in total. The van der Waals surface area contributed by atoms with Crippen LogP contribution in [0.5, 0.6) is 0 Å². The van der Waals surface area contributed by atoms with Crippen molar-refractivity contribution in [1.82, 2.24) is 0 Å². The Hall–Kier alpha value is -2.41. The van der Waals surface area contributed by atoms with Crippen molar-refractivity contribution in [3.63, 3.8) is 0 Å². The highest BCUT2D eigenvalue weighted by molar-refractivity contribution is 7.91. The molecule has 2 aromatic carbocycles. The second-order valence-corrected chi connectivity index (χ2v) is 8.25. The van der Waals surface area contributed by atoms with Crippen molar-refractivity contribution in [2.24, 2.45) is 0 Å². The lowest BCUT2D eigenvalue weighted by atomic mass is 10.1. The molecule has 5 nitrogen and oxygen atoms in total. The van der Waals surface area contributed by atoms with Crippen LogP contribution in [-0.2, 0) is 14.6 Å². The lowest BCUT2D eigenvalue weighted by molar-refractivity contribution is -0.117. The van der Waals surface area contributed by atoms with Gasteiger partial charge in [0.2, 0.25) is 5.91 Å². The van der Waals surface area contributed by atoms with Crippen LogP contribution in [0.15, 0.2) is 54.6 Å². The highest BCUT2D eigenvalue weighted by Crippen LogP contribution is 2.24. The number of halogens is 1. The standard InChI is InChI=1S/C18H19FN2O3S/c19-14-5-4-6-15(11-14)20-12-18(22)21(16-7-2-1-3-8-16)17-9-10-25(23,24)13-17/h1-8,11,17,20H,9-10,12-13H2. The van der Waals surface area contributed by atoms with E-state index in [1.807, 2.05) is 6.07 Å². The molecule has 0 aromatic heterocycles. The van der Waals surface area contributed by atoms with Gasteiger partial charge in [-0.25, -0.2) is 12.8 Å². The molecular formula is C18H19FN2O3S. The van der Waals surface area contributed by atoms with Crippen molar-refractivity contribution in [1.29, 1.82) is 0 Å². The van der Waals surface area contributed by atoms with E-state index < -0.39 is 9.84 Å². The minimum absolute atomic E-state index is 0.0341. The van der Waals surface area contributed by atoms with Crippen LogP contribution in [-0.4, -0.2) is 38.4 Å². The molecule has 7 heteroatoms. The summed E-state index contributed by atoms with van der Waals surface area (Å²) in [5, 5.41) is 2.90. The first-order valence-corrected chi connectivity index (χ1v) is 9.84. The molecule has 3 rings (SSSR count). The topological polar surface area (TPSA) is 66.5 Å². The van der Waals surface area contributed by atoms with Crippen LogP contribution in [0, 0.1) is 5.82 Å². The van der Waals surface area contributed by atoms with Crippen molar-refractivity contribution in [2.75, 3.05) is 28.3 Å². The molecular weight excluding hydrogens is 343 g/mol. The lowest BCUT2D eigenvalue weighted by Crippen LogP contribution is -2.44. The normalized spacial score (nSPS) is 18.7. The second kappa shape index (κ2) is 7.23. The van der Waals surface area contributed by atoms with Gasteiger partial charge in [-0.1, -0.05) is 24.3 Å². The van der Waals surface area contributed by atoms with Gasteiger partial charge in [0.1, 0.15) is 5.82 Å². The van der Waals surface area contributed by atoms with E-state index in [0.717, 1.165) is 0 Å². The molecule has 1 aliphatic rings. The zero-order valence-corrected chi connectivity index (χ0v) is 14.4. The van der Waals surface area contributed by atoms with E-state index in [9.17, 15) is 17.6 Å². The van der Waals surface area contributed by atoms with E-state index in [1.54, 1.807) is 36.4 Å². The van der Waals surface area contributed by atoms with Gasteiger partial charge in [-0.3, -0.25) is 4.79 Å². The number of hydrogen-bond acceptors (Lipinski definition) is 4. The molecule has 1 unspecified atom stereocenters. The van der Waals surface area contributed by atoms with Crippen LogP contribution < -0.4 is 10.2 Å². The number of hydrogen-bond donors (Lipinski definition) is 1. The predicted octanol–water partition coefficient (Wildman–Crippen LogP) is 2.46. The first-order chi connectivity index (χ1) is 11.9. The fraction of sp³-hybridized carbons (Fsp3) is 0.278. The van der Waals surface area contributed by atoms with Crippen molar-refractivity contribution in [3.05, 3.63) is 60.4 Å². The van der Waals surface area contributed by atoms with E-state index in [1.165, 1.54) is 17.0 Å². The molecule has 1 atom stereocenters. The summed E-state index contributed by atoms with van der Waals surface area (Å²) < 4.78 is 36.9. The summed E-state index contributed by atoms with van der Waals surface area (Å²) in [5.41, 5.74) is 1.16. The monoisotopic (exact) mass is 362 g/mol. The van der Waals surface area contributed by atoms with Crippen molar-refractivity contribution < 1.29 is 17.6 Å². The molecule has 0 bridgehead atoms. The Morgan fingerprint density at radius 1 is 1.16 bits per heavy atom. The highest BCUT2D eigenvalue weighted by Gasteiger charge is 2.35. The molecule has 1 amide bonds. The third kappa shape index (κ3) is 4.36. The largest absolute Gasteiger partial charge is 0.376 e. The Labute approximate surface area is 146 Å². The lowest BCUT2D eigenvalue weighted by Gasteiger charge is -2.28. The van der Waals surface area contributed by atoms with E-state index in [-0.39, 0.29) is 35.8 Å². The van der Waals surface area contributed by atoms with Gasteiger partial charge in [0.25, 0.3) is 0 Å². The van der Waals surface area contributed by atoms with Crippen LogP contribution in [0.25, 0.3) is 0 Å². The van der Waals surface area contributed by atoms with Crippen LogP contribution in [0.2, 0.25) is 0 Å². The molecule has 0 aliphatic carbocycles. The van der Waals surface area contributed by atoms with Crippen molar-refractivity contribution >= 4 is 27.1 Å². The molecule has 132 valence electrons. The maximum atomic E-state index is 13.2. The van der Waals surface area contributed by atoms with Crippen LogP contribution in [0.3, 0.4) is 0 Å². The smallest absolute Gasteiger partial charge is 0.246 e. The van der Waals surface area contributed by atoms with Gasteiger partial charge in [-0.2, -0.15) is 0 Å². The number of carbonyl (C=O) groups is 1. The van der Waals surface area contributed by atoms with Gasteiger partial charge in [0.05, 0.1) is 24.1 Å². The molecule has 0 saturated carbocycles. The highest BCUT2D eigenvalue weighted by atomic mass is 32.2. The van der Waals surface area contributed by atoms with Gasteiger partial charge in [0.15, 0.2) is 9.84 Å². The Balaban J connectivity index is 1.78. The number of nitrogens with zero attached hydrogens (tertiary/aromatic N) is 1. The molecule has 2 aromatic rings. The second-order valence-electron chi connectivity index (χ2n) is 6.02. The summed E-state index contributed by atoms with van der Waals surface area (Å²) in [5.74, 6) is -0.587. The van der Waals surface area contributed by atoms with Crippen molar-refractivity contribution in [3.8, 4) is 0 Å². The Morgan fingerprint density at radius 2 is 1.92 bits per heavy atom. The maximum absolute atomic E-state index is 13.2. The zero-order chi connectivity index (χ0) is 17.9. The average molecular weight is 362 g/mol. The Morgan fingerprint density at radius 3 is 2.56 bits per heavy atom. The first kappa shape index (κ1) is 17.4. The van der Waals surface area contributed by atoms with E-state index >= 15 is 0 Å². The molecule has 1 heterocycles. The number of nitrogens with one attached hydrogen (secondary N) is 1. The summed E-state index contributed by atoms with van der Waals surface area (Å²) in [4.78, 5) is 14.3. The number of carbonyl (C=O) groups excluding carboxylic acids is 1. The first-order valence-electron chi connectivity index (χ1n) is 8.01. The zero-order valence-electron chi connectivity index (χ0n) is 13.6. The van der Waals surface area contributed by atoms with Gasteiger partial charge < -0.3 is 10.2 Å². The molecule has 0 radical (unpaired) electrons. The minimum atomic E-state index is -3.12. The molecule has 1 fully saturated rings. The van der Waals surface area contributed by atoms with Gasteiger partial charge in [-0.15, -0.1) is 0 Å². The molecule has 1 aliphatic heterocycles. The third-order valence-electron chi connectivity index (χ3n) is 4.14. The summed E-state index contributed by atoms with van der Waals surface area (Å²) >= 11 is 0. The minimum Gasteiger partial charge on any atom is -0.376 e. The maximum Gasteiger partial charge on any atom is 0.246 e. The summed E-state index contributed by atoms with van der Waals surface area (Å²) in [6.07, 6.45) is 0.420. The van der Waals surface area contributed by atoms with Gasteiger partial charge >= 0.3 is 0 Å². The number of para-hydroxylation sites is 1. The molecule has 0 spiro atoms. The predicted molar refractivity (Wildman–Crippen MR) is 95.9 cm³/mol. The number of benzene rings is 2. The summed E-state index contributed by atoms with van der Waals surface area (Å²) in [6.45, 7) is -0.0467. The van der Waals surface area contributed by atoms with Crippen LogP contribution in [0.4, 0.5) is 15.8 Å². The molecule has 1 saturated heterocycles. The number of rotatable bonds is 5. The van der Waals surface area contributed by atoms with Gasteiger partial charge in [-0.05, 0) is 36.8 Å². The number of anilines is 2. The molecule has 25 heavy (non-hydrogen) atoms. The average Bonchev–Trinajstić information content (AvgIpc) is 2.94. The fourth-order valence-corrected chi connectivity index (χ4v) is 4.69. The van der Waals surface area contributed by atoms with Gasteiger partial charge in [0, 0.05) is 11.4 Å². The SMILES string of the molecule is O=C(CNc1cccc(F)c1)N(c1ccccc1)C1CCS(=O)(=O)C1. The van der Waals surface area contributed by atoms with Crippen LogP contribution in [0.1, 0.15) is 6.42 Å². The van der Waals surface area contributed by atoms with Crippen molar-refractivity contribution in [2.45, 2.75) is 12.5 Å². The van der Waals surface area contributed by atoms with Crippen LogP contribution >= 0.6 is 0 Å². The quantitative estimate of drug-likeness (QED) is 0.887. The van der Waals surface area contributed by atoms with E-state index in [2.05, 4.69) is 5.32 Å². The fourth-order valence-electron chi connectivity index (χ4n) is 2.99. The number of sulfone groups is 1. The summed E-state index contributed by atoms with van der Waals surface area (Å²) in [6, 6.07) is 14.5. The third-order valence-corrected chi connectivity index (χ3v) is 5.90. The number of amides is 1. The van der Waals surface area contributed by atoms with E-state index in [4.69, 9.17) is 0 Å². The Kier molecular flexibility index (Phi) is 5.03.